The molecule has 0 radical (unpaired) electrons. The van der Waals surface area contributed by atoms with E-state index in [0.717, 1.165) is 48.6 Å². The lowest BCUT2D eigenvalue weighted by Crippen LogP contribution is -2.53. The molecule has 140 valence electrons. The molecule has 4 aliphatic carbocycles. The predicted molar refractivity (Wildman–Crippen MR) is 101 cm³/mol. The number of carbonyl (C=O) groups excluding carboxylic acids is 1. The fourth-order valence-electron chi connectivity index (χ4n) is 6.46. The molecule has 4 fully saturated rings. The first-order valence-corrected chi connectivity index (χ1v) is 10.3. The minimum Gasteiger partial charge on any atom is -0.497 e. The van der Waals surface area contributed by atoms with E-state index in [9.17, 15) is 4.79 Å². The second-order valence-electron chi connectivity index (χ2n) is 9.03. The lowest BCUT2D eigenvalue weighted by Gasteiger charge is -2.56. The van der Waals surface area contributed by atoms with Crippen molar-refractivity contribution < 1.29 is 14.3 Å². The van der Waals surface area contributed by atoms with Gasteiger partial charge in [-0.25, -0.2) is 0 Å². The van der Waals surface area contributed by atoms with E-state index in [4.69, 9.17) is 9.47 Å². The molecule has 4 saturated carbocycles. The van der Waals surface area contributed by atoms with Crippen LogP contribution in [-0.4, -0.2) is 31.8 Å². The van der Waals surface area contributed by atoms with Crippen LogP contribution in [0.3, 0.4) is 0 Å². The van der Waals surface area contributed by atoms with Crippen molar-refractivity contribution >= 4 is 11.6 Å². The highest BCUT2D eigenvalue weighted by Gasteiger charge is 2.51. The molecule has 1 aromatic rings. The van der Waals surface area contributed by atoms with Gasteiger partial charge in [-0.1, -0.05) is 0 Å². The third kappa shape index (κ3) is 2.83. The van der Waals surface area contributed by atoms with E-state index in [1.54, 1.807) is 7.11 Å². The summed E-state index contributed by atoms with van der Waals surface area (Å²) in [7, 11) is 1.69. The Morgan fingerprint density at radius 2 is 1.85 bits per heavy atom. The lowest BCUT2D eigenvalue weighted by atomic mass is 9.54. The number of nitrogens with zero attached hydrogens (tertiary/aromatic N) is 1. The second kappa shape index (κ2) is 6.26. The molecule has 4 bridgehead atoms. The molecule has 4 nitrogen and oxygen atoms in total. The summed E-state index contributed by atoms with van der Waals surface area (Å²) in [6, 6.07) is 6.04. The molecule has 4 heteroatoms. The van der Waals surface area contributed by atoms with Gasteiger partial charge in [-0.05, 0) is 92.9 Å². The summed E-state index contributed by atoms with van der Waals surface area (Å²) in [4.78, 5) is 14.9. The molecule has 26 heavy (non-hydrogen) atoms. The standard InChI is InChI=1S/C22H29NO3/c1-25-19-4-5-20-18(10-19)3-2-6-23(20)21(24)14-26-22-11-15-7-16(12-22)9-17(8-15)13-22/h4-5,10,15-17H,2-3,6-9,11-14H2,1H3. The molecule has 6 rings (SSSR count). The van der Waals surface area contributed by atoms with E-state index in [2.05, 4.69) is 6.07 Å². The summed E-state index contributed by atoms with van der Waals surface area (Å²) >= 11 is 0. The number of rotatable bonds is 4. The van der Waals surface area contributed by atoms with Crippen molar-refractivity contribution in [3.63, 3.8) is 0 Å². The molecular weight excluding hydrogens is 326 g/mol. The minimum absolute atomic E-state index is 0.00291. The van der Waals surface area contributed by atoms with Gasteiger partial charge in [-0.2, -0.15) is 0 Å². The Morgan fingerprint density at radius 3 is 2.50 bits per heavy atom. The maximum atomic E-state index is 13.0. The van der Waals surface area contributed by atoms with Crippen molar-refractivity contribution in [2.75, 3.05) is 25.2 Å². The van der Waals surface area contributed by atoms with Crippen molar-refractivity contribution in [3.8, 4) is 5.75 Å². The van der Waals surface area contributed by atoms with Gasteiger partial charge in [0.05, 0.1) is 12.7 Å². The maximum absolute atomic E-state index is 13.0. The quantitative estimate of drug-likeness (QED) is 0.821. The summed E-state index contributed by atoms with van der Waals surface area (Å²) < 4.78 is 11.7. The van der Waals surface area contributed by atoms with E-state index in [-0.39, 0.29) is 18.1 Å². The molecule has 0 unspecified atom stereocenters. The number of methoxy groups -OCH3 is 1. The number of carbonyl (C=O) groups is 1. The summed E-state index contributed by atoms with van der Waals surface area (Å²) in [6.07, 6.45) is 9.75. The van der Waals surface area contributed by atoms with E-state index in [1.165, 1.54) is 44.1 Å². The van der Waals surface area contributed by atoms with Crippen LogP contribution in [0.5, 0.6) is 5.75 Å². The van der Waals surface area contributed by atoms with Crippen LogP contribution < -0.4 is 9.64 Å². The van der Waals surface area contributed by atoms with Crippen LogP contribution in [-0.2, 0) is 16.0 Å². The third-order valence-corrected chi connectivity index (χ3v) is 7.19. The van der Waals surface area contributed by atoms with Gasteiger partial charge in [0.15, 0.2) is 0 Å². The first-order chi connectivity index (χ1) is 12.6. The van der Waals surface area contributed by atoms with E-state index in [0.29, 0.717) is 0 Å². The van der Waals surface area contributed by atoms with Crippen LogP contribution in [0.15, 0.2) is 18.2 Å². The number of aryl methyl sites for hydroxylation is 1. The summed E-state index contributed by atoms with van der Waals surface area (Å²) in [5, 5.41) is 0. The van der Waals surface area contributed by atoms with Crippen LogP contribution in [0.4, 0.5) is 5.69 Å². The Kier molecular flexibility index (Phi) is 4.00. The van der Waals surface area contributed by atoms with Gasteiger partial charge in [-0.15, -0.1) is 0 Å². The van der Waals surface area contributed by atoms with E-state index >= 15 is 0 Å². The Bertz CT molecular complexity index is 678. The van der Waals surface area contributed by atoms with Crippen LogP contribution >= 0.6 is 0 Å². The Hall–Kier alpha value is -1.55. The van der Waals surface area contributed by atoms with Crippen molar-refractivity contribution in [1.29, 1.82) is 0 Å². The number of amides is 1. The largest absolute Gasteiger partial charge is 0.497 e. The molecule has 1 aliphatic heterocycles. The van der Waals surface area contributed by atoms with Gasteiger partial charge in [0, 0.05) is 12.2 Å². The zero-order valence-electron chi connectivity index (χ0n) is 15.7. The number of hydrogen-bond donors (Lipinski definition) is 0. The molecule has 0 atom stereocenters. The smallest absolute Gasteiger partial charge is 0.253 e. The fraction of sp³-hybridized carbons (Fsp3) is 0.682. The number of hydrogen-bond acceptors (Lipinski definition) is 3. The van der Waals surface area contributed by atoms with Gasteiger partial charge in [0.25, 0.3) is 5.91 Å². The first-order valence-electron chi connectivity index (χ1n) is 10.3. The van der Waals surface area contributed by atoms with Gasteiger partial charge < -0.3 is 14.4 Å². The third-order valence-electron chi connectivity index (χ3n) is 7.19. The fourth-order valence-corrected chi connectivity index (χ4v) is 6.46. The van der Waals surface area contributed by atoms with Gasteiger partial charge in [0.2, 0.25) is 0 Å². The molecule has 1 amide bonds. The SMILES string of the molecule is COc1ccc2c(c1)CCCN2C(=O)COC12CC3CC(CC(C3)C1)C2. The van der Waals surface area contributed by atoms with Crippen LogP contribution in [0.1, 0.15) is 50.5 Å². The highest BCUT2D eigenvalue weighted by molar-refractivity contribution is 5.95. The molecule has 5 aliphatic rings. The molecule has 0 spiro atoms. The normalized spacial score (nSPS) is 34.7. The predicted octanol–water partition coefficient (Wildman–Crippen LogP) is 3.96. The number of anilines is 1. The van der Waals surface area contributed by atoms with Gasteiger partial charge >= 0.3 is 0 Å². The molecule has 0 aromatic heterocycles. The Labute approximate surface area is 155 Å². The monoisotopic (exact) mass is 355 g/mol. The number of benzene rings is 1. The molecule has 0 saturated heterocycles. The summed E-state index contributed by atoms with van der Waals surface area (Å²) in [6.45, 7) is 1.03. The zero-order chi connectivity index (χ0) is 17.7. The van der Waals surface area contributed by atoms with Crippen LogP contribution in [0, 0.1) is 17.8 Å². The molecule has 1 heterocycles. The average Bonchev–Trinajstić information content (AvgIpc) is 2.64. The number of fused-ring (bicyclic) bond motifs is 1. The van der Waals surface area contributed by atoms with E-state index in [1.807, 2.05) is 17.0 Å². The van der Waals surface area contributed by atoms with Crippen LogP contribution in [0.25, 0.3) is 0 Å². The van der Waals surface area contributed by atoms with Crippen molar-refractivity contribution in [3.05, 3.63) is 23.8 Å². The second-order valence-corrected chi connectivity index (χ2v) is 9.03. The summed E-state index contributed by atoms with van der Waals surface area (Å²) in [5.74, 6) is 3.52. The van der Waals surface area contributed by atoms with Gasteiger partial charge in [0.1, 0.15) is 12.4 Å². The molecule has 1 aromatic carbocycles. The highest BCUT2D eigenvalue weighted by Crippen LogP contribution is 2.57. The first kappa shape index (κ1) is 16.6. The highest BCUT2D eigenvalue weighted by atomic mass is 16.5. The Morgan fingerprint density at radius 1 is 1.15 bits per heavy atom. The maximum Gasteiger partial charge on any atom is 0.253 e. The zero-order valence-corrected chi connectivity index (χ0v) is 15.7. The van der Waals surface area contributed by atoms with Crippen LogP contribution in [0.2, 0.25) is 0 Å². The molecular formula is C22H29NO3. The van der Waals surface area contributed by atoms with Gasteiger partial charge in [-0.3, -0.25) is 4.79 Å². The Balaban J connectivity index is 1.28. The topological polar surface area (TPSA) is 38.8 Å². The number of ether oxygens (including phenoxy) is 2. The summed E-state index contributed by atoms with van der Waals surface area (Å²) in [5.41, 5.74) is 2.25. The lowest BCUT2D eigenvalue weighted by molar-refractivity contribution is -0.168. The van der Waals surface area contributed by atoms with Crippen molar-refractivity contribution in [1.82, 2.24) is 0 Å². The van der Waals surface area contributed by atoms with Crippen molar-refractivity contribution in [2.24, 2.45) is 17.8 Å². The average molecular weight is 355 g/mol. The minimum atomic E-state index is 0.00291. The van der Waals surface area contributed by atoms with Crippen molar-refractivity contribution in [2.45, 2.75) is 57.0 Å². The molecule has 0 N–H and O–H groups in total. The van der Waals surface area contributed by atoms with E-state index < -0.39 is 0 Å².